The maximum Gasteiger partial charge on any atom is 0.248 e. The normalized spacial score (nSPS) is 34.1. The highest BCUT2D eigenvalue weighted by molar-refractivity contribution is 4.92. The quantitative estimate of drug-likeness (QED) is 0.762. The molecule has 1 saturated heterocycles. The first-order valence-electron chi connectivity index (χ1n) is 5.28. The molecule has 2 nitrogen and oxygen atoms in total. The van der Waals surface area contributed by atoms with Crippen LogP contribution in [0.5, 0.6) is 0 Å². The van der Waals surface area contributed by atoms with Gasteiger partial charge in [0.15, 0.2) is 0 Å². The summed E-state index contributed by atoms with van der Waals surface area (Å²) in [7, 11) is 0. The van der Waals surface area contributed by atoms with E-state index >= 15 is 0 Å². The van der Waals surface area contributed by atoms with Gasteiger partial charge in [-0.1, -0.05) is 0 Å². The monoisotopic (exact) mass is 205 g/mol. The van der Waals surface area contributed by atoms with E-state index in [9.17, 15) is 8.78 Å². The van der Waals surface area contributed by atoms with E-state index in [0.717, 1.165) is 26.1 Å². The van der Waals surface area contributed by atoms with Gasteiger partial charge in [0.2, 0.25) is 5.92 Å². The fourth-order valence-corrected chi connectivity index (χ4v) is 2.36. The summed E-state index contributed by atoms with van der Waals surface area (Å²) in [4.78, 5) is 0. The molecule has 0 aromatic heterocycles. The highest BCUT2D eigenvalue weighted by Crippen LogP contribution is 2.44. The van der Waals surface area contributed by atoms with Gasteiger partial charge in [-0.15, -0.1) is 0 Å². The molecule has 0 radical (unpaired) electrons. The molecule has 2 fully saturated rings. The third-order valence-corrected chi connectivity index (χ3v) is 3.36. The minimum atomic E-state index is -2.44. The second-order valence-corrected chi connectivity index (χ2v) is 4.65. The van der Waals surface area contributed by atoms with E-state index in [1.54, 1.807) is 0 Å². The summed E-state index contributed by atoms with van der Waals surface area (Å²) in [5.74, 6) is -1.90. The van der Waals surface area contributed by atoms with Gasteiger partial charge < -0.3 is 10.5 Å². The van der Waals surface area contributed by atoms with E-state index < -0.39 is 5.92 Å². The molecule has 1 saturated carbocycles. The van der Waals surface area contributed by atoms with Gasteiger partial charge in [0, 0.05) is 32.1 Å². The molecule has 0 spiro atoms. The number of hydrogen-bond donors (Lipinski definition) is 1. The Bertz CT molecular complexity index is 196. The minimum Gasteiger partial charge on any atom is -0.381 e. The van der Waals surface area contributed by atoms with Crippen molar-refractivity contribution in [2.45, 2.75) is 37.6 Å². The van der Waals surface area contributed by atoms with Gasteiger partial charge in [-0.3, -0.25) is 0 Å². The van der Waals surface area contributed by atoms with Gasteiger partial charge in [0.05, 0.1) is 0 Å². The Morgan fingerprint density at radius 2 is 2.14 bits per heavy atom. The number of halogens is 2. The number of ether oxygens (including phenoxy) is 1. The summed E-state index contributed by atoms with van der Waals surface area (Å²) in [5, 5.41) is 0. The van der Waals surface area contributed by atoms with E-state index in [1.807, 2.05) is 0 Å². The smallest absolute Gasteiger partial charge is 0.248 e. The highest BCUT2D eigenvalue weighted by Gasteiger charge is 2.47. The van der Waals surface area contributed by atoms with E-state index in [0.29, 0.717) is 5.92 Å². The Morgan fingerprint density at radius 1 is 1.43 bits per heavy atom. The summed E-state index contributed by atoms with van der Waals surface area (Å²) in [6.45, 7) is 1.56. The molecule has 14 heavy (non-hydrogen) atoms. The third kappa shape index (κ3) is 2.23. The van der Waals surface area contributed by atoms with Crippen LogP contribution >= 0.6 is 0 Å². The lowest BCUT2D eigenvalue weighted by Crippen LogP contribution is -2.46. The molecule has 2 aliphatic rings. The van der Waals surface area contributed by atoms with E-state index in [2.05, 4.69) is 0 Å². The van der Waals surface area contributed by atoms with Gasteiger partial charge >= 0.3 is 0 Å². The van der Waals surface area contributed by atoms with Crippen LogP contribution in [0.15, 0.2) is 0 Å². The first kappa shape index (κ1) is 10.3. The van der Waals surface area contributed by atoms with Crippen LogP contribution in [-0.2, 0) is 4.74 Å². The molecule has 0 bridgehead atoms. The Kier molecular flexibility index (Phi) is 2.75. The number of rotatable bonds is 3. The van der Waals surface area contributed by atoms with Gasteiger partial charge in [-0.05, 0) is 24.7 Å². The van der Waals surface area contributed by atoms with Gasteiger partial charge in [-0.2, -0.15) is 0 Å². The summed E-state index contributed by atoms with van der Waals surface area (Å²) < 4.78 is 30.4. The van der Waals surface area contributed by atoms with Crippen molar-refractivity contribution in [3.63, 3.8) is 0 Å². The average molecular weight is 205 g/mol. The molecule has 1 heterocycles. The van der Waals surface area contributed by atoms with Crippen molar-refractivity contribution in [3.05, 3.63) is 0 Å². The summed E-state index contributed by atoms with van der Waals surface area (Å²) in [5.41, 5.74) is 5.89. The fourth-order valence-electron chi connectivity index (χ4n) is 2.36. The van der Waals surface area contributed by atoms with E-state index in [1.165, 1.54) is 0 Å². The number of nitrogens with two attached hydrogens (primary N) is 1. The molecule has 82 valence electrons. The lowest BCUT2D eigenvalue weighted by molar-refractivity contribution is -0.117. The van der Waals surface area contributed by atoms with Crippen molar-refractivity contribution < 1.29 is 13.5 Å². The zero-order chi connectivity index (χ0) is 10.2. The first-order chi connectivity index (χ1) is 6.57. The maximum absolute atomic E-state index is 12.6. The molecule has 4 heteroatoms. The topological polar surface area (TPSA) is 35.2 Å². The zero-order valence-electron chi connectivity index (χ0n) is 8.22. The number of hydrogen-bond acceptors (Lipinski definition) is 2. The van der Waals surface area contributed by atoms with Crippen LogP contribution in [0.2, 0.25) is 0 Å². The molecule has 2 N–H and O–H groups in total. The lowest BCUT2D eigenvalue weighted by atomic mass is 9.74. The van der Waals surface area contributed by atoms with E-state index in [-0.39, 0.29) is 24.8 Å². The zero-order valence-corrected chi connectivity index (χ0v) is 8.22. The van der Waals surface area contributed by atoms with Crippen molar-refractivity contribution in [3.8, 4) is 0 Å². The van der Waals surface area contributed by atoms with Crippen molar-refractivity contribution in [2.24, 2.45) is 17.6 Å². The van der Waals surface area contributed by atoms with Crippen molar-refractivity contribution in [1.29, 1.82) is 0 Å². The molecular formula is C10H17F2NO. The van der Waals surface area contributed by atoms with Crippen molar-refractivity contribution >= 4 is 0 Å². The van der Waals surface area contributed by atoms with Crippen molar-refractivity contribution in [2.75, 3.05) is 13.2 Å². The van der Waals surface area contributed by atoms with Crippen molar-refractivity contribution in [1.82, 2.24) is 0 Å². The van der Waals surface area contributed by atoms with Crippen LogP contribution in [-0.4, -0.2) is 25.2 Å². The molecule has 2 rings (SSSR count). The molecule has 2 unspecified atom stereocenters. The predicted octanol–water partition coefficient (Wildman–Crippen LogP) is 1.79. The summed E-state index contributed by atoms with van der Waals surface area (Å²) in [6.07, 6.45) is 1.86. The molecule has 0 aromatic carbocycles. The van der Waals surface area contributed by atoms with Gasteiger partial charge in [-0.25, -0.2) is 8.78 Å². The molecular weight excluding hydrogens is 188 g/mol. The molecule has 2 atom stereocenters. The Labute approximate surface area is 82.8 Å². The van der Waals surface area contributed by atoms with Crippen LogP contribution < -0.4 is 5.73 Å². The van der Waals surface area contributed by atoms with Crippen LogP contribution in [0.1, 0.15) is 25.7 Å². The second kappa shape index (κ2) is 3.74. The lowest BCUT2D eigenvalue weighted by Gasteiger charge is -2.39. The number of alkyl halides is 2. The molecule has 0 amide bonds. The molecule has 1 aliphatic heterocycles. The molecule has 0 aromatic rings. The van der Waals surface area contributed by atoms with Crippen LogP contribution in [0.3, 0.4) is 0 Å². The van der Waals surface area contributed by atoms with Crippen LogP contribution in [0, 0.1) is 11.8 Å². The summed E-state index contributed by atoms with van der Waals surface area (Å²) >= 11 is 0. The Hall–Kier alpha value is -0.220. The summed E-state index contributed by atoms with van der Waals surface area (Å²) in [6, 6.07) is -0.0543. The minimum absolute atomic E-state index is 0.0122. The SMILES string of the molecule is NC(CC1CCOC1)C1CC(F)(F)C1. The first-order valence-corrected chi connectivity index (χ1v) is 5.28. The molecule has 1 aliphatic carbocycles. The Morgan fingerprint density at radius 3 is 2.64 bits per heavy atom. The van der Waals surface area contributed by atoms with Crippen LogP contribution in [0.4, 0.5) is 8.78 Å². The van der Waals surface area contributed by atoms with Crippen LogP contribution in [0.25, 0.3) is 0 Å². The average Bonchev–Trinajstić information content (AvgIpc) is 2.52. The van der Waals surface area contributed by atoms with Gasteiger partial charge in [0.1, 0.15) is 0 Å². The maximum atomic E-state index is 12.6. The van der Waals surface area contributed by atoms with Gasteiger partial charge in [0.25, 0.3) is 0 Å². The largest absolute Gasteiger partial charge is 0.381 e. The van der Waals surface area contributed by atoms with E-state index in [4.69, 9.17) is 10.5 Å². The Balaban J connectivity index is 1.71. The third-order valence-electron chi connectivity index (χ3n) is 3.36. The standard InChI is InChI=1S/C10H17F2NO/c11-10(12)4-8(5-10)9(13)3-7-1-2-14-6-7/h7-9H,1-6,13H2. The highest BCUT2D eigenvalue weighted by atomic mass is 19.3. The predicted molar refractivity (Wildman–Crippen MR) is 49.2 cm³/mol. The second-order valence-electron chi connectivity index (χ2n) is 4.65. The fraction of sp³-hybridized carbons (Fsp3) is 1.00.